The van der Waals surface area contributed by atoms with Gasteiger partial charge < -0.3 is 9.73 Å². The van der Waals surface area contributed by atoms with Crippen molar-refractivity contribution in [2.24, 2.45) is 0 Å². The largest absolute Gasteiger partial charge is 0.459 e. The molecule has 1 saturated carbocycles. The van der Waals surface area contributed by atoms with E-state index in [1.807, 2.05) is 0 Å². The first-order chi connectivity index (χ1) is 8.58. The topological polar surface area (TPSA) is 25.2 Å². The molecule has 96 valence electrons. The minimum atomic E-state index is 0.715. The Hall–Kier alpha value is -0.800. The molecule has 1 aromatic heterocycles. The molecule has 1 aliphatic carbocycles. The summed E-state index contributed by atoms with van der Waals surface area (Å²) < 4.78 is 7.21. The number of furan rings is 1. The number of halogens is 1. The molecule has 2 nitrogen and oxygen atoms in total. The van der Waals surface area contributed by atoms with Crippen LogP contribution in [0.25, 0.3) is 11.0 Å². The van der Waals surface area contributed by atoms with Crippen molar-refractivity contribution in [1.82, 2.24) is 5.32 Å². The summed E-state index contributed by atoms with van der Waals surface area (Å²) in [6.45, 7) is 7.27. The van der Waals surface area contributed by atoms with Crippen LogP contribution in [0.1, 0.15) is 35.3 Å². The molecule has 0 spiro atoms. The van der Waals surface area contributed by atoms with Crippen LogP contribution in [0.4, 0.5) is 0 Å². The Morgan fingerprint density at radius 2 is 2.00 bits per heavy atom. The lowest BCUT2D eigenvalue weighted by Gasteiger charge is -2.04. The van der Waals surface area contributed by atoms with E-state index in [0.717, 1.165) is 17.9 Å². The van der Waals surface area contributed by atoms with Gasteiger partial charge in [0.05, 0.1) is 6.54 Å². The first-order valence-corrected chi connectivity index (χ1v) is 7.28. The van der Waals surface area contributed by atoms with E-state index in [2.05, 4.69) is 48.1 Å². The fraction of sp³-hybridized carbons (Fsp3) is 0.467. The highest BCUT2D eigenvalue weighted by Gasteiger charge is 2.22. The summed E-state index contributed by atoms with van der Waals surface area (Å²) in [6.07, 6.45) is 2.62. The third kappa shape index (κ3) is 1.99. The first kappa shape index (κ1) is 12.2. The maximum absolute atomic E-state index is 6.01. The maximum Gasteiger partial charge on any atom is 0.135 e. The molecule has 0 amide bonds. The number of hydrogen-bond donors (Lipinski definition) is 1. The molecule has 3 heteroatoms. The summed E-state index contributed by atoms with van der Waals surface area (Å²) in [5.74, 6) is 1.08. The minimum Gasteiger partial charge on any atom is -0.459 e. The summed E-state index contributed by atoms with van der Waals surface area (Å²) in [4.78, 5) is 0. The van der Waals surface area contributed by atoms with E-state index in [1.54, 1.807) is 0 Å². The summed E-state index contributed by atoms with van der Waals surface area (Å²) >= 11 is 3.66. The summed E-state index contributed by atoms with van der Waals surface area (Å²) in [5.41, 5.74) is 4.80. The van der Waals surface area contributed by atoms with Crippen LogP contribution in [0.2, 0.25) is 0 Å². The molecule has 1 N–H and O–H groups in total. The average Bonchev–Trinajstić information content (AvgIpc) is 3.10. The number of hydrogen-bond acceptors (Lipinski definition) is 2. The summed E-state index contributed by atoms with van der Waals surface area (Å²) in [6, 6.07) is 2.84. The van der Waals surface area contributed by atoms with Gasteiger partial charge in [0.1, 0.15) is 11.3 Å². The predicted molar refractivity (Wildman–Crippen MR) is 78.0 cm³/mol. The predicted octanol–water partition coefficient (Wildman–Crippen LogP) is 4.37. The SMILES string of the molecule is Cc1cc2oc(CNC3CC3)c(C)c2c(C)c1Br. The Balaban J connectivity index is 2.06. The van der Waals surface area contributed by atoms with E-state index >= 15 is 0 Å². The fourth-order valence-electron chi connectivity index (χ4n) is 2.51. The van der Waals surface area contributed by atoms with Crippen LogP contribution in [0, 0.1) is 20.8 Å². The van der Waals surface area contributed by atoms with Gasteiger partial charge in [0.25, 0.3) is 0 Å². The van der Waals surface area contributed by atoms with E-state index in [0.29, 0.717) is 6.04 Å². The molecule has 1 heterocycles. The Bertz CT molecular complexity index is 611. The molecule has 0 radical (unpaired) electrons. The second kappa shape index (κ2) is 4.39. The van der Waals surface area contributed by atoms with Crippen LogP contribution in [0.3, 0.4) is 0 Å². The first-order valence-electron chi connectivity index (χ1n) is 6.49. The highest BCUT2D eigenvalue weighted by atomic mass is 79.9. The van der Waals surface area contributed by atoms with E-state index in [9.17, 15) is 0 Å². The smallest absolute Gasteiger partial charge is 0.135 e. The van der Waals surface area contributed by atoms with Crippen molar-refractivity contribution in [2.75, 3.05) is 0 Å². The van der Waals surface area contributed by atoms with Gasteiger partial charge in [-0.25, -0.2) is 0 Å². The Kier molecular flexibility index (Phi) is 2.99. The van der Waals surface area contributed by atoms with Gasteiger partial charge in [-0.05, 0) is 56.4 Å². The van der Waals surface area contributed by atoms with Gasteiger partial charge in [0.15, 0.2) is 0 Å². The lowest BCUT2D eigenvalue weighted by Crippen LogP contribution is -2.15. The van der Waals surface area contributed by atoms with Gasteiger partial charge in [0.2, 0.25) is 0 Å². The maximum atomic E-state index is 6.01. The lowest BCUT2D eigenvalue weighted by atomic mass is 10.0. The highest BCUT2D eigenvalue weighted by molar-refractivity contribution is 9.10. The number of benzene rings is 1. The minimum absolute atomic E-state index is 0.715. The third-order valence-corrected chi connectivity index (χ3v) is 5.02. The molecule has 1 aromatic carbocycles. The second-order valence-corrected chi connectivity index (χ2v) is 6.10. The highest BCUT2D eigenvalue weighted by Crippen LogP contribution is 2.34. The Labute approximate surface area is 116 Å². The van der Waals surface area contributed by atoms with Crippen LogP contribution >= 0.6 is 15.9 Å². The van der Waals surface area contributed by atoms with E-state index in [1.165, 1.54) is 39.4 Å². The van der Waals surface area contributed by atoms with Crippen LogP contribution < -0.4 is 5.32 Å². The molecule has 1 aliphatic rings. The van der Waals surface area contributed by atoms with Gasteiger partial charge in [-0.1, -0.05) is 15.9 Å². The Morgan fingerprint density at radius 1 is 1.28 bits per heavy atom. The van der Waals surface area contributed by atoms with E-state index < -0.39 is 0 Å². The average molecular weight is 308 g/mol. The van der Waals surface area contributed by atoms with E-state index in [4.69, 9.17) is 4.42 Å². The van der Waals surface area contributed by atoms with Gasteiger partial charge >= 0.3 is 0 Å². The number of fused-ring (bicyclic) bond motifs is 1. The van der Waals surface area contributed by atoms with Crippen LogP contribution in [-0.2, 0) is 6.54 Å². The van der Waals surface area contributed by atoms with Crippen LogP contribution in [0.5, 0.6) is 0 Å². The molecule has 0 bridgehead atoms. The monoisotopic (exact) mass is 307 g/mol. The summed E-state index contributed by atoms with van der Waals surface area (Å²) in [5, 5.41) is 4.78. The second-order valence-electron chi connectivity index (χ2n) is 5.31. The zero-order valence-electron chi connectivity index (χ0n) is 11.1. The van der Waals surface area contributed by atoms with Crippen LogP contribution in [-0.4, -0.2) is 6.04 Å². The quantitative estimate of drug-likeness (QED) is 0.910. The van der Waals surface area contributed by atoms with E-state index in [-0.39, 0.29) is 0 Å². The zero-order valence-corrected chi connectivity index (χ0v) is 12.6. The molecular formula is C15H18BrNO. The van der Waals surface area contributed by atoms with Gasteiger partial charge in [-0.15, -0.1) is 0 Å². The molecule has 3 rings (SSSR count). The van der Waals surface area contributed by atoms with Gasteiger partial charge in [-0.2, -0.15) is 0 Å². The number of rotatable bonds is 3. The molecule has 0 atom stereocenters. The number of nitrogens with one attached hydrogen (secondary N) is 1. The standard InChI is InChI=1S/C15H18BrNO/c1-8-6-12-14(10(3)15(8)16)9(2)13(18-12)7-17-11-4-5-11/h6,11,17H,4-5,7H2,1-3H3. The molecule has 2 aromatic rings. The van der Waals surface area contributed by atoms with Gasteiger partial charge in [0, 0.05) is 15.9 Å². The van der Waals surface area contributed by atoms with Crippen molar-refractivity contribution in [1.29, 1.82) is 0 Å². The Morgan fingerprint density at radius 3 is 2.67 bits per heavy atom. The van der Waals surface area contributed by atoms with Crippen molar-refractivity contribution in [3.8, 4) is 0 Å². The van der Waals surface area contributed by atoms with Gasteiger partial charge in [-0.3, -0.25) is 0 Å². The molecular weight excluding hydrogens is 290 g/mol. The molecule has 0 saturated heterocycles. The normalized spacial score (nSPS) is 15.6. The molecule has 1 fully saturated rings. The van der Waals surface area contributed by atoms with Crippen molar-refractivity contribution in [3.05, 3.63) is 33.0 Å². The zero-order chi connectivity index (χ0) is 12.9. The number of aryl methyl sites for hydroxylation is 3. The van der Waals surface area contributed by atoms with Crippen LogP contribution in [0.15, 0.2) is 15.0 Å². The summed E-state index contributed by atoms with van der Waals surface area (Å²) in [7, 11) is 0. The fourth-order valence-corrected chi connectivity index (χ4v) is 2.82. The van der Waals surface area contributed by atoms with Crippen molar-refractivity contribution in [3.63, 3.8) is 0 Å². The van der Waals surface area contributed by atoms with Crippen molar-refractivity contribution >= 4 is 26.9 Å². The molecule has 0 unspecified atom stereocenters. The lowest BCUT2D eigenvalue weighted by molar-refractivity contribution is 0.509. The molecule has 0 aliphatic heterocycles. The molecule has 18 heavy (non-hydrogen) atoms. The van der Waals surface area contributed by atoms with Crippen molar-refractivity contribution in [2.45, 2.75) is 46.2 Å². The van der Waals surface area contributed by atoms with Crippen molar-refractivity contribution < 1.29 is 4.42 Å². The third-order valence-electron chi connectivity index (χ3n) is 3.80.